The fourth-order valence-electron chi connectivity index (χ4n) is 3.45. The zero-order valence-electron chi connectivity index (χ0n) is 11.3. The van der Waals surface area contributed by atoms with Crippen LogP contribution in [0.3, 0.4) is 0 Å². The Labute approximate surface area is 109 Å². The number of aliphatic carboxylic acids is 1. The van der Waals surface area contributed by atoms with Crippen LogP contribution < -0.4 is 0 Å². The smallest absolute Gasteiger partial charge is 0.331 e. The van der Waals surface area contributed by atoms with E-state index < -0.39 is 5.97 Å². The highest BCUT2D eigenvalue weighted by atomic mass is 16.5. The van der Waals surface area contributed by atoms with Crippen LogP contribution in [0, 0.1) is 11.3 Å². The zero-order chi connectivity index (χ0) is 13.3. The molecule has 2 aliphatic rings. The molecule has 0 spiro atoms. The summed E-state index contributed by atoms with van der Waals surface area (Å²) in [5.41, 5.74) is 1.92. The van der Waals surface area contributed by atoms with E-state index >= 15 is 0 Å². The van der Waals surface area contributed by atoms with Crippen molar-refractivity contribution in [2.75, 3.05) is 7.11 Å². The highest BCUT2D eigenvalue weighted by Gasteiger charge is 2.41. The first kappa shape index (κ1) is 13.2. The van der Waals surface area contributed by atoms with E-state index in [4.69, 9.17) is 9.84 Å². The lowest BCUT2D eigenvalue weighted by Crippen LogP contribution is -2.32. The molecule has 18 heavy (non-hydrogen) atoms. The van der Waals surface area contributed by atoms with Gasteiger partial charge in [0.2, 0.25) is 0 Å². The number of allylic oxidation sites excluding steroid dienone is 2. The lowest BCUT2D eigenvalue weighted by Gasteiger charge is -2.43. The lowest BCUT2D eigenvalue weighted by atomic mass is 9.62. The second-order valence-corrected chi connectivity index (χ2v) is 5.79. The third kappa shape index (κ3) is 2.18. The topological polar surface area (TPSA) is 46.5 Å². The van der Waals surface area contributed by atoms with Crippen molar-refractivity contribution in [3.8, 4) is 0 Å². The Morgan fingerprint density at radius 1 is 1.50 bits per heavy atom. The van der Waals surface area contributed by atoms with E-state index in [0.29, 0.717) is 5.57 Å². The Hall–Kier alpha value is -1.25. The van der Waals surface area contributed by atoms with Gasteiger partial charge in [0, 0.05) is 12.0 Å². The molecule has 2 atom stereocenters. The molecule has 1 fully saturated rings. The van der Waals surface area contributed by atoms with Gasteiger partial charge < -0.3 is 9.84 Å². The number of methoxy groups -OCH3 is 1. The molecule has 2 unspecified atom stereocenters. The minimum atomic E-state index is -0.862. The summed E-state index contributed by atoms with van der Waals surface area (Å²) < 4.78 is 5.52. The van der Waals surface area contributed by atoms with Gasteiger partial charge in [0.25, 0.3) is 0 Å². The van der Waals surface area contributed by atoms with Gasteiger partial charge in [0.05, 0.1) is 12.9 Å². The standard InChI is InChI=1S/C15H22O3/c1-10(14(16)17)11-6-8-15(2)7-4-5-13(18-3)12(15)9-11/h11H,1,4-9H2,2-3H3,(H,16,17). The molecular weight excluding hydrogens is 228 g/mol. The Kier molecular flexibility index (Phi) is 3.51. The van der Waals surface area contributed by atoms with Crippen molar-refractivity contribution < 1.29 is 14.6 Å². The summed E-state index contributed by atoms with van der Waals surface area (Å²) in [6, 6.07) is 0. The molecule has 0 bridgehead atoms. The van der Waals surface area contributed by atoms with Crippen LogP contribution in [-0.4, -0.2) is 18.2 Å². The van der Waals surface area contributed by atoms with Gasteiger partial charge in [-0.25, -0.2) is 4.79 Å². The zero-order valence-corrected chi connectivity index (χ0v) is 11.3. The molecule has 0 aromatic carbocycles. The maximum atomic E-state index is 11.0. The number of hydrogen-bond donors (Lipinski definition) is 1. The van der Waals surface area contributed by atoms with Gasteiger partial charge in [-0.15, -0.1) is 0 Å². The number of carboxylic acids is 1. The third-order valence-electron chi connectivity index (χ3n) is 4.71. The van der Waals surface area contributed by atoms with Crippen LogP contribution in [0.15, 0.2) is 23.5 Å². The second kappa shape index (κ2) is 4.79. The molecule has 100 valence electrons. The van der Waals surface area contributed by atoms with Crippen LogP contribution >= 0.6 is 0 Å². The Morgan fingerprint density at radius 3 is 2.83 bits per heavy atom. The van der Waals surface area contributed by atoms with Crippen LogP contribution in [0.2, 0.25) is 0 Å². The molecule has 3 heteroatoms. The van der Waals surface area contributed by atoms with Crippen molar-refractivity contribution in [3.63, 3.8) is 0 Å². The maximum absolute atomic E-state index is 11.0. The summed E-state index contributed by atoms with van der Waals surface area (Å²) in [5, 5.41) is 9.07. The van der Waals surface area contributed by atoms with Gasteiger partial charge in [0.15, 0.2) is 0 Å². The van der Waals surface area contributed by atoms with Crippen molar-refractivity contribution >= 4 is 5.97 Å². The van der Waals surface area contributed by atoms with Crippen LogP contribution in [0.25, 0.3) is 0 Å². The van der Waals surface area contributed by atoms with Gasteiger partial charge in [-0.1, -0.05) is 13.5 Å². The van der Waals surface area contributed by atoms with Crippen LogP contribution in [0.1, 0.15) is 45.4 Å². The van der Waals surface area contributed by atoms with E-state index in [1.54, 1.807) is 7.11 Å². The number of ether oxygens (including phenoxy) is 1. The molecule has 1 saturated carbocycles. The van der Waals surface area contributed by atoms with Crippen molar-refractivity contribution in [2.24, 2.45) is 11.3 Å². The summed E-state index contributed by atoms with van der Waals surface area (Å²) in [6.07, 6.45) is 6.15. The van der Waals surface area contributed by atoms with E-state index in [2.05, 4.69) is 13.5 Å². The SMILES string of the molecule is C=C(C(=O)O)C1CCC2(C)CCCC(OC)=C2C1. The highest BCUT2D eigenvalue weighted by molar-refractivity contribution is 5.86. The van der Waals surface area contributed by atoms with Crippen LogP contribution in [0.4, 0.5) is 0 Å². The quantitative estimate of drug-likeness (QED) is 0.779. The minimum absolute atomic E-state index is 0.0776. The first-order valence-corrected chi connectivity index (χ1v) is 6.66. The first-order chi connectivity index (χ1) is 8.48. The predicted octanol–water partition coefficient (Wildman–Crippen LogP) is 3.52. The van der Waals surface area contributed by atoms with Gasteiger partial charge in [0.1, 0.15) is 0 Å². The molecule has 0 aliphatic heterocycles. The summed E-state index contributed by atoms with van der Waals surface area (Å²) in [6.45, 7) is 6.02. The van der Waals surface area contributed by atoms with Crippen molar-refractivity contribution in [3.05, 3.63) is 23.5 Å². The molecule has 1 N–H and O–H groups in total. The van der Waals surface area contributed by atoms with Crippen molar-refractivity contribution in [1.29, 1.82) is 0 Å². The monoisotopic (exact) mass is 250 g/mol. The number of fused-ring (bicyclic) bond motifs is 1. The average Bonchev–Trinajstić information content (AvgIpc) is 2.35. The lowest BCUT2D eigenvalue weighted by molar-refractivity contribution is -0.133. The molecule has 0 saturated heterocycles. The molecule has 2 aliphatic carbocycles. The number of carboxylic acid groups (broad SMARTS) is 1. The van der Waals surface area contributed by atoms with Gasteiger partial charge in [-0.3, -0.25) is 0 Å². The fourth-order valence-corrected chi connectivity index (χ4v) is 3.45. The van der Waals surface area contributed by atoms with E-state index in [1.807, 2.05) is 0 Å². The summed E-state index contributed by atoms with van der Waals surface area (Å²) in [4.78, 5) is 11.0. The van der Waals surface area contributed by atoms with Gasteiger partial charge in [-0.05, 0) is 49.0 Å². The molecule has 2 rings (SSSR count). The van der Waals surface area contributed by atoms with E-state index in [9.17, 15) is 4.79 Å². The third-order valence-corrected chi connectivity index (χ3v) is 4.71. The average molecular weight is 250 g/mol. The van der Waals surface area contributed by atoms with E-state index in [1.165, 1.54) is 18.4 Å². The molecule has 0 aromatic rings. The Bertz CT molecular complexity index is 408. The Balaban J connectivity index is 2.26. The summed E-state index contributed by atoms with van der Waals surface area (Å²) in [7, 11) is 1.73. The predicted molar refractivity (Wildman–Crippen MR) is 70.1 cm³/mol. The number of rotatable bonds is 3. The van der Waals surface area contributed by atoms with Gasteiger partial charge >= 0.3 is 5.97 Å². The first-order valence-electron chi connectivity index (χ1n) is 6.66. The number of carbonyl (C=O) groups is 1. The molecule has 0 aromatic heterocycles. The molecule has 0 amide bonds. The minimum Gasteiger partial charge on any atom is -0.501 e. The molecule has 0 heterocycles. The highest BCUT2D eigenvalue weighted by Crippen LogP contribution is 2.52. The summed E-state index contributed by atoms with van der Waals surface area (Å²) in [5.74, 6) is 0.305. The van der Waals surface area contributed by atoms with Crippen molar-refractivity contribution in [2.45, 2.75) is 45.4 Å². The Morgan fingerprint density at radius 2 is 2.22 bits per heavy atom. The fraction of sp³-hybridized carbons (Fsp3) is 0.667. The normalized spacial score (nSPS) is 31.8. The largest absolute Gasteiger partial charge is 0.501 e. The summed E-state index contributed by atoms with van der Waals surface area (Å²) >= 11 is 0. The molecular formula is C15H22O3. The van der Waals surface area contributed by atoms with E-state index in [0.717, 1.165) is 31.4 Å². The van der Waals surface area contributed by atoms with Crippen LogP contribution in [-0.2, 0) is 9.53 Å². The second-order valence-electron chi connectivity index (χ2n) is 5.79. The van der Waals surface area contributed by atoms with Gasteiger partial charge in [-0.2, -0.15) is 0 Å². The maximum Gasteiger partial charge on any atom is 0.331 e. The van der Waals surface area contributed by atoms with E-state index in [-0.39, 0.29) is 11.3 Å². The van der Waals surface area contributed by atoms with Crippen molar-refractivity contribution in [1.82, 2.24) is 0 Å². The number of hydrogen-bond acceptors (Lipinski definition) is 2. The molecule has 0 radical (unpaired) electrons. The van der Waals surface area contributed by atoms with Crippen LogP contribution in [0.5, 0.6) is 0 Å². The molecule has 3 nitrogen and oxygen atoms in total.